The van der Waals surface area contributed by atoms with Crippen molar-refractivity contribution in [2.24, 2.45) is 0 Å². The summed E-state index contributed by atoms with van der Waals surface area (Å²) in [6.07, 6.45) is 0. The Labute approximate surface area is 133 Å². The Morgan fingerprint density at radius 2 is 2.00 bits per heavy atom. The Hall–Kier alpha value is -1.02. The first-order chi connectivity index (χ1) is 9.99. The predicted molar refractivity (Wildman–Crippen MR) is 79.4 cm³/mol. The molecule has 1 aliphatic heterocycles. The van der Waals surface area contributed by atoms with E-state index in [2.05, 4.69) is 5.32 Å². The van der Waals surface area contributed by atoms with E-state index in [1.807, 2.05) is 0 Å². The lowest BCUT2D eigenvalue weighted by molar-refractivity contribution is -0.119. The molecule has 1 atom stereocenters. The zero-order valence-electron chi connectivity index (χ0n) is 12.2. The molecule has 0 amide bonds. The molecular weight excluding hydrogens is 321 g/mol. The highest BCUT2D eigenvalue weighted by Crippen LogP contribution is 2.40. The molecule has 0 spiro atoms. The minimum atomic E-state index is -3.39. The van der Waals surface area contributed by atoms with Gasteiger partial charge in [0.25, 0.3) is 5.92 Å². The fourth-order valence-corrected chi connectivity index (χ4v) is 2.64. The highest BCUT2D eigenvalue weighted by molar-refractivity contribution is 5.85. The van der Waals surface area contributed by atoms with Gasteiger partial charge in [0.2, 0.25) is 0 Å². The highest BCUT2D eigenvalue weighted by atomic mass is 35.5. The van der Waals surface area contributed by atoms with Gasteiger partial charge >= 0.3 is 0 Å². The van der Waals surface area contributed by atoms with Crippen LogP contribution in [0.5, 0.6) is 5.75 Å². The Morgan fingerprint density at radius 1 is 1.36 bits per heavy atom. The minimum Gasteiger partial charge on any atom is -0.496 e. The second-order valence-corrected chi connectivity index (χ2v) is 4.99. The molecule has 1 fully saturated rings. The van der Waals surface area contributed by atoms with Crippen molar-refractivity contribution in [3.8, 4) is 5.75 Å². The second-order valence-electron chi connectivity index (χ2n) is 4.99. The molecule has 8 heteroatoms. The average molecular weight is 341 g/mol. The SMILES string of the molecule is COc1ccc(F)cc1[C@H](N1CCNCC1)C(F)(F)CO.Cl. The number of ether oxygens (including phenoxy) is 1. The van der Waals surface area contributed by atoms with Crippen LogP contribution < -0.4 is 10.1 Å². The van der Waals surface area contributed by atoms with Gasteiger partial charge in [-0.1, -0.05) is 0 Å². The van der Waals surface area contributed by atoms with Crippen molar-refractivity contribution >= 4 is 12.4 Å². The van der Waals surface area contributed by atoms with E-state index in [1.165, 1.54) is 13.2 Å². The quantitative estimate of drug-likeness (QED) is 0.858. The Kier molecular flexibility index (Phi) is 6.93. The number of nitrogens with one attached hydrogen (secondary N) is 1. The molecule has 1 aliphatic rings. The summed E-state index contributed by atoms with van der Waals surface area (Å²) in [7, 11) is 1.35. The van der Waals surface area contributed by atoms with Gasteiger partial charge in [-0.15, -0.1) is 12.4 Å². The smallest absolute Gasteiger partial charge is 0.290 e. The van der Waals surface area contributed by atoms with Gasteiger partial charge in [-0.2, -0.15) is 0 Å². The summed E-state index contributed by atoms with van der Waals surface area (Å²) >= 11 is 0. The predicted octanol–water partition coefficient (Wildman–Crippen LogP) is 1.83. The van der Waals surface area contributed by atoms with Crippen molar-refractivity contribution in [3.05, 3.63) is 29.6 Å². The zero-order valence-corrected chi connectivity index (χ0v) is 13.0. The van der Waals surface area contributed by atoms with Gasteiger partial charge in [0, 0.05) is 31.7 Å². The molecule has 0 radical (unpaired) electrons. The molecule has 4 nitrogen and oxygen atoms in total. The van der Waals surface area contributed by atoms with Crippen molar-refractivity contribution in [2.45, 2.75) is 12.0 Å². The van der Waals surface area contributed by atoms with Gasteiger partial charge in [-0.05, 0) is 18.2 Å². The number of rotatable bonds is 5. The van der Waals surface area contributed by atoms with Crippen LogP contribution in [0.2, 0.25) is 0 Å². The molecule has 1 heterocycles. The third-order valence-corrected chi connectivity index (χ3v) is 3.61. The molecule has 0 unspecified atom stereocenters. The Morgan fingerprint density at radius 3 is 2.55 bits per heavy atom. The fraction of sp³-hybridized carbons (Fsp3) is 0.571. The molecule has 1 aromatic carbocycles. The second kappa shape index (κ2) is 8.01. The largest absolute Gasteiger partial charge is 0.496 e. The van der Waals surface area contributed by atoms with Gasteiger partial charge in [0.05, 0.1) is 7.11 Å². The lowest BCUT2D eigenvalue weighted by Gasteiger charge is -2.39. The molecule has 0 saturated carbocycles. The number of piperazine rings is 1. The summed E-state index contributed by atoms with van der Waals surface area (Å²) in [5.74, 6) is -3.81. The Balaban J connectivity index is 0.00000242. The lowest BCUT2D eigenvalue weighted by Crippen LogP contribution is -2.51. The van der Waals surface area contributed by atoms with Crippen LogP contribution in [0, 0.1) is 5.82 Å². The molecule has 1 aromatic rings. The molecule has 22 heavy (non-hydrogen) atoms. The van der Waals surface area contributed by atoms with Gasteiger partial charge in [-0.25, -0.2) is 13.2 Å². The lowest BCUT2D eigenvalue weighted by atomic mass is 9.97. The van der Waals surface area contributed by atoms with Crippen LogP contribution in [0.25, 0.3) is 0 Å². The average Bonchev–Trinajstić information content (AvgIpc) is 2.48. The van der Waals surface area contributed by atoms with Crippen molar-refractivity contribution in [3.63, 3.8) is 0 Å². The summed E-state index contributed by atoms with van der Waals surface area (Å²) in [5, 5.41) is 12.1. The molecule has 2 rings (SSSR count). The number of methoxy groups -OCH3 is 1. The first-order valence-corrected chi connectivity index (χ1v) is 6.76. The van der Waals surface area contributed by atoms with E-state index in [9.17, 15) is 13.2 Å². The van der Waals surface area contributed by atoms with Crippen LogP contribution in [0.15, 0.2) is 18.2 Å². The van der Waals surface area contributed by atoms with Crippen molar-refractivity contribution in [1.82, 2.24) is 10.2 Å². The van der Waals surface area contributed by atoms with E-state index >= 15 is 0 Å². The molecule has 1 saturated heterocycles. The van der Waals surface area contributed by atoms with Crippen LogP contribution in [0.3, 0.4) is 0 Å². The summed E-state index contributed by atoms with van der Waals surface area (Å²) in [6.45, 7) is 0.604. The van der Waals surface area contributed by atoms with E-state index in [4.69, 9.17) is 9.84 Å². The van der Waals surface area contributed by atoms with Crippen LogP contribution >= 0.6 is 12.4 Å². The normalized spacial score (nSPS) is 17.7. The number of hydrogen-bond donors (Lipinski definition) is 2. The van der Waals surface area contributed by atoms with Crippen LogP contribution in [-0.2, 0) is 0 Å². The number of alkyl halides is 2. The summed E-state index contributed by atoms with van der Waals surface area (Å²) in [4.78, 5) is 1.55. The minimum absolute atomic E-state index is 0. The van der Waals surface area contributed by atoms with Gasteiger partial charge in [-0.3, -0.25) is 4.90 Å². The van der Waals surface area contributed by atoms with Crippen LogP contribution in [-0.4, -0.2) is 55.8 Å². The molecule has 0 aliphatic carbocycles. The number of hydrogen-bond acceptors (Lipinski definition) is 4. The fourth-order valence-electron chi connectivity index (χ4n) is 2.64. The topological polar surface area (TPSA) is 44.7 Å². The van der Waals surface area contributed by atoms with Gasteiger partial charge < -0.3 is 15.2 Å². The standard InChI is InChI=1S/C14H19F3N2O2.ClH/c1-21-12-3-2-10(15)8-11(12)13(14(16,17)9-20)19-6-4-18-5-7-19;/h2-3,8,13,18,20H,4-7,9H2,1H3;1H/t13-;/m0./s1. The number of halogens is 4. The van der Waals surface area contributed by atoms with Gasteiger partial charge in [0.1, 0.15) is 24.2 Å². The van der Waals surface area contributed by atoms with E-state index in [1.54, 1.807) is 4.90 Å². The van der Waals surface area contributed by atoms with E-state index in [-0.39, 0.29) is 23.7 Å². The maximum Gasteiger partial charge on any atom is 0.290 e. The third-order valence-electron chi connectivity index (χ3n) is 3.61. The van der Waals surface area contributed by atoms with Crippen LogP contribution in [0.4, 0.5) is 13.2 Å². The number of benzene rings is 1. The summed E-state index contributed by atoms with van der Waals surface area (Å²) < 4.78 is 47.1. The number of nitrogens with zero attached hydrogens (tertiary/aromatic N) is 1. The van der Waals surface area contributed by atoms with Crippen molar-refractivity contribution < 1.29 is 23.0 Å². The maximum atomic E-state index is 14.2. The van der Waals surface area contributed by atoms with Gasteiger partial charge in [0.15, 0.2) is 0 Å². The summed E-state index contributed by atoms with van der Waals surface area (Å²) in [6, 6.07) is 2.12. The van der Waals surface area contributed by atoms with E-state index in [0.717, 1.165) is 12.1 Å². The third kappa shape index (κ3) is 4.04. The zero-order chi connectivity index (χ0) is 15.5. The molecular formula is C14H20ClF3N2O2. The monoisotopic (exact) mass is 340 g/mol. The van der Waals surface area contributed by atoms with Crippen molar-refractivity contribution in [2.75, 3.05) is 39.9 Å². The maximum absolute atomic E-state index is 14.2. The highest BCUT2D eigenvalue weighted by Gasteiger charge is 2.45. The first kappa shape index (κ1) is 19.0. The summed E-state index contributed by atoms with van der Waals surface area (Å²) in [5.41, 5.74) is 0.0541. The van der Waals surface area contributed by atoms with Crippen molar-refractivity contribution in [1.29, 1.82) is 0 Å². The number of aliphatic hydroxyl groups excluding tert-OH is 1. The molecule has 126 valence electrons. The molecule has 2 N–H and O–H groups in total. The van der Waals surface area contributed by atoms with E-state index < -0.39 is 24.4 Å². The number of aliphatic hydroxyl groups is 1. The molecule has 0 aromatic heterocycles. The first-order valence-electron chi connectivity index (χ1n) is 6.76. The molecule has 0 bridgehead atoms. The van der Waals surface area contributed by atoms with Crippen LogP contribution in [0.1, 0.15) is 11.6 Å². The van der Waals surface area contributed by atoms with E-state index in [0.29, 0.717) is 26.2 Å². The Bertz CT molecular complexity index is 485.